The molecule has 0 spiro atoms. The van der Waals surface area contributed by atoms with Crippen LogP contribution in [0.1, 0.15) is 57.8 Å². The van der Waals surface area contributed by atoms with Crippen LogP contribution in [0.25, 0.3) is 0 Å². The van der Waals surface area contributed by atoms with Crippen LogP contribution in [0.15, 0.2) is 12.7 Å². The number of piperidine rings is 1. The summed E-state index contributed by atoms with van der Waals surface area (Å²) in [7, 11) is 0. The SMILES string of the molecule is C=CCCCCCC(=O)C1CC2CCC(C1)N2. The van der Waals surface area contributed by atoms with E-state index >= 15 is 0 Å². The van der Waals surface area contributed by atoms with Gasteiger partial charge in [0.15, 0.2) is 0 Å². The van der Waals surface area contributed by atoms with Crippen molar-refractivity contribution in [2.45, 2.75) is 69.9 Å². The Morgan fingerprint density at radius 3 is 2.53 bits per heavy atom. The third kappa shape index (κ3) is 3.67. The first kappa shape index (κ1) is 12.8. The van der Waals surface area contributed by atoms with E-state index in [4.69, 9.17) is 0 Å². The highest BCUT2D eigenvalue weighted by molar-refractivity contribution is 5.81. The highest BCUT2D eigenvalue weighted by Crippen LogP contribution is 2.32. The maximum atomic E-state index is 12.1. The summed E-state index contributed by atoms with van der Waals surface area (Å²) in [5.41, 5.74) is 0. The maximum Gasteiger partial charge on any atom is 0.136 e. The van der Waals surface area contributed by atoms with Gasteiger partial charge in [-0.25, -0.2) is 0 Å². The fraction of sp³-hybridized carbons (Fsp3) is 0.800. The summed E-state index contributed by atoms with van der Waals surface area (Å²) in [6.07, 6.45) is 12.1. The van der Waals surface area contributed by atoms with Gasteiger partial charge < -0.3 is 5.32 Å². The predicted octanol–water partition coefficient (Wildman–Crippen LogP) is 3.22. The lowest BCUT2D eigenvalue weighted by molar-refractivity contribution is -0.124. The predicted molar refractivity (Wildman–Crippen MR) is 71.0 cm³/mol. The molecule has 0 radical (unpaired) electrons. The number of allylic oxidation sites excluding steroid dienone is 1. The lowest BCUT2D eigenvalue weighted by Crippen LogP contribution is -2.40. The molecule has 2 rings (SSSR count). The quantitative estimate of drug-likeness (QED) is 0.542. The van der Waals surface area contributed by atoms with E-state index in [1.165, 1.54) is 25.7 Å². The van der Waals surface area contributed by atoms with E-state index < -0.39 is 0 Å². The number of hydrogen-bond acceptors (Lipinski definition) is 2. The van der Waals surface area contributed by atoms with Gasteiger partial charge in [0.1, 0.15) is 5.78 Å². The van der Waals surface area contributed by atoms with E-state index in [2.05, 4.69) is 11.9 Å². The molecule has 17 heavy (non-hydrogen) atoms. The van der Waals surface area contributed by atoms with E-state index in [0.717, 1.165) is 32.1 Å². The molecule has 2 nitrogen and oxygen atoms in total. The smallest absolute Gasteiger partial charge is 0.136 e. The van der Waals surface area contributed by atoms with Crippen LogP contribution < -0.4 is 5.32 Å². The molecule has 1 N–H and O–H groups in total. The molecule has 2 bridgehead atoms. The van der Waals surface area contributed by atoms with E-state index in [1.807, 2.05) is 6.08 Å². The van der Waals surface area contributed by atoms with Crippen molar-refractivity contribution in [1.29, 1.82) is 0 Å². The van der Waals surface area contributed by atoms with Crippen LogP contribution in [0.2, 0.25) is 0 Å². The normalized spacial score (nSPS) is 31.4. The highest BCUT2D eigenvalue weighted by Gasteiger charge is 2.35. The Hall–Kier alpha value is -0.630. The fourth-order valence-corrected chi connectivity index (χ4v) is 3.29. The second kappa shape index (κ2) is 6.34. The molecule has 0 aromatic rings. The van der Waals surface area contributed by atoms with Crippen LogP contribution in [0.5, 0.6) is 0 Å². The van der Waals surface area contributed by atoms with Crippen LogP contribution in [-0.2, 0) is 4.79 Å². The van der Waals surface area contributed by atoms with Gasteiger partial charge in [-0.3, -0.25) is 4.79 Å². The summed E-state index contributed by atoms with van der Waals surface area (Å²) in [5.74, 6) is 0.898. The average Bonchev–Trinajstić information content (AvgIpc) is 2.67. The van der Waals surface area contributed by atoms with Gasteiger partial charge in [0.05, 0.1) is 0 Å². The van der Waals surface area contributed by atoms with Crippen molar-refractivity contribution in [3.8, 4) is 0 Å². The number of hydrogen-bond donors (Lipinski definition) is 1. The van der Waals surface area contributed by atoms with Gasteiger partial charge in [-0.1, -0.05) is 12.5 Å². The minimum absolute atomic E-state index is 0.369. The Bertz CT molecular complexity index is 262. The van der Waals surface area contributed by atoms with Crippen molar-refractivity contribution >= 4 is 5.78 Å². The van der Waals surface area contributed by atoms with E-state index in [9.17, 15) is 4.79 Å². The summed E-state index contributed by atoms with van der Waals surface area (Å²) >= 11 is 0. The van der Waals surface area contributed by atoms with Gasteiger partial charge in [0.25, 0.3) is 0 Å². The summed E-state index contributed by atoms with van der Waals surface area (Å²) < 4.78 is 0. The second-order valence-electron chi connectivity index (χ2n) is 5.66. The molecule has 2 aliphatic heterocycles. The number of Topliss-reactive ketones (excluding diaryl/α,β-unsaturated/α-hetero) is 1. The van der Waals surface area contributed by atoms with Gasteiger partial charge >= 0.3 is 0 Å². The molecule has 0 amide bonds. The Labute approximate surface area is 105 Å². The molecule has 2 atom stereocenters. The van der Waals surface area contributed by atoms with Crippen LogP contribution in [0.3, 0.4) is 0 Å². The highest BCUT2D eigenvalue weighted by atomic mass is 16.1. The van der Waals surface area contributed by atoms with Crippen molar-refractivity contribution in [2.75, 3.05) is 0 Å². The zero-order valence-electron chi connectivity index (χ0n) is 10.8. The van der Waals surface area contributed by atoms with Crippen LogP contribution >= 0.6 is 0 Å². The Balaban J connectivity index is 1.64. The number of unbranched alkanes of at least 4 members (excludes halogenated alkanes) is 3. The molecule has 2 aliphatic rings. The molecular formula is C15H25NO. The maximum absolute atomic E-state index is 12.1. The van der Waals surface area contributed by atoms with Gasteiger partial charge in [-0.2, -0.15) is 0 Å². The van der Waals surface area contributed by atoms with Crippen LogP contribution in [-0.4, -0.2) is 17.9 Å². The van der Waals surface area contributed by atoms with Gasteiger partial charge in [-0.15, -0.1) is 6.58 Å². The van der Waals surface area contributed by atoms with Crippen molar-refractivity contribution in [1.82, 2.24) is 5.32 Å². The number of rotatable bonds is 7. The van der Waals surface area contributed by atoms with Gasteiger partial charge in [-0.05, 0) is 44.9 Å². The molecule has 2 unspecified atom stereocenters. The summed E-state index contributed by atoms with van der Waals surface area (Å²) in [5, 5.41) is 3.60. The van der Waals surface area contributed by atoms with E-state index in [0.29, 0.717) is 23.8 Å². The largest absolute Gasteiger partial charge is 0.311 e. The van der Waals surface area contributed by atoms with Crippen molar-refractivity contribution < 1.29 is 4.79 Å². The van der Waals surface area contributed by atoms with E-state index in [1.54, 1.807) is 0 Å². The third-order valence-electron chi connectivity index (χ3n) is 4.26. The fourth-order valence-electron chi connectivity index (χ4n) is 3.29. The zero-order chi connectivity index (χ0) is 12.1. The molecule has 2 heteroatoms. The van der Waals surface area contributed by atoms with Crippen LogP contribution in [0.4, 0.5) is 0 Å². The first-order chi connectivity index (χ1) is 8.29. The molecule has 0 aromatic carbocycles. The average molecular weight is 235 g/mol. The third-order valence-corrected chi connectivity index (χ3v) is 4.26. The Morgan fingerprint density at radius 2 is 1.88 bits per heavy atom. The number of carbonyl (C=O) groups excluding carboxylic acids is 1. The van der Waals surface area contributed by atoms with Gasteiger partial charge in [0.2, 0.25) is 0 Å². The first-order valence-corrected chi connectivity index (χ1v) is 7.19. The summed E-state index contributed by atoms with van der Waals surface area (Å²) in [6.45, 7) is 3.72. The molecule has 0 aromatic heterocycles. The molecular weight excluding hydrogens is 210 g/mol. The van der Waals surface area contributed by atoms with Crippen molar-refractivity contribution in [3.05, 3.63) is 12.7 Å². The minimum atomic E-state index is 0.369. The molecule has 2 saturated heterocycles. The molecule has 0 saturated carbocycles. The molecule has 2 fully saturated rings. The monoisotopic (exact) mass is 235 g/mol. The summed E-state index contributed by atoms with van der Waals surface area (Å²) in [4.78, 5) is 12.1. The summed E-state index contributed by atoms with van der Waals surface area (Å²) in [6, 6.07) is 1.28. The lowest BCUT2D eigenvalue weighted by Gasteiger charge is -2.28. The lowest BCUT2D eigenvalue weighted by atomic mass is 9.87. The topological polar surface area (TPSA) is 29.1 Å². The molecule has 0 aliphatic carbocycles. The minimum Gasteiger partial charge on any atom is -0.311 e. The van der Waals surface area contributed by atoms with E-state index in [-0.39, 0.29) is 0 Å². The Morgan fingerprint density at radius 1 is 1.18 bits per heavy atom. The number of carbonyl (C=O) groups is 1. The van der Waals surface area contributed by atoms with Gasteiger partial charge in [0, 0.05) is 24.4 Å². The zero-order valence-corrected chi connectivity index (χ0v) is 10.8. The second-order valence-corrected chi connectivity index (χ2v) is 5.66. The first-order valence-electron chi connectivity index (χ1n) is 7.19. The van der Waals surface area contributed by atoms with Crippen molar-refractivity contribution in [2.24, 2.45) is 5.92 Å². The Kier molecular flexibility index (Phi) is 4.78. The standard InChI is InChI=1S/C15H25NO/c1-2-3-4-5-6-7-15(17)12-10-13-8-9-14(11-12)16-13/h2,12-14,16H,1,3-11H2. The number of nitrogens with one attached hydrogen (secondary N) is 1. The number of ketones is 1. The van der Waals surface area contributed by atoms with Crippen molar-refractivity contribution in [3.63, 3.8) is 0 Å². The van der Waals surface area contributed by atoms with Crippen LogP contribution in [0, 0.1) is 5.92 Å². The molecule has 2 heterocycles. The molecule has 96 valence electrons. The number of fused-ring (bicyclic) bond motifs is 2.